The van der Waals surface area contributed by atoms with E-state index in [1.165, 1.54) is 11.1 Å². The summed E-state index contributed by atoms with van der Waals surface area (Å²) in [6.45, 7) is 6.09. The summed E-state index contributed by atoms with van der Waals surface area (Å²) < 4.78 is 5.44. The SMILES string of the molecule is COc1c(C)cc(CN(C)CC(=O)N2CCCc3ccccc32)cc1C. The number of rotatable bonds is 5. The van der Waals surface area contributed by atoms with Crippen molar-refractivity contribution in [2.45, 2.75) is 33.2 Å². The number of aryl methyl sites for hydroxylation is 3. The molecular formula is C22H28N2O2. The molecule has 0 saturated heterocycles. The van der Waals surface area contributed by atoms with Crippen molar-refractivity contribution in [1.82, 2.24) is 4.90 Å². The molecule has 2 aromatic carbocycles. The molecule has 1 amide bonds. The molecule has 4 nitrogen and oxygen atoms in total. The Morgan fingerprint density at radius 3 is 2.58 bits per heavy atom. The first kappa shape index (κ1) is 18.5. The van der Waals surface area contributed by atoms with Gasteiger partial charge in [-0.25, -0.2) is 0 Å². The fourth-order valence-corrected chi connectivity index (χ4v) is 3.93. The summed E-state index contributed by atoms with van der Waals surface area (Å²) in [6.07, 6.45) is 2.09. The van der Waals surface area contributed by atoms with E-state index in [2.05, 4.69) is 43.0 Å². The van der Waals surface area contributed by atoms with Gasteiger partial charge < -0.3 is 9.64 Å². The molecule has 4 heteroatoms. The van der Waals surface area contributed by atoms with Crippen molar-refractivity contribution >= 4 is 11.6 Å². The molecule has 1 aliphatic heterocycles. The van der Waals surface area contributed by atoms with Crippen molar-refractivity contribution in [3.05, 3.63) is 58.7 Å². The maximum atomic E-state index is 12.9. The van der Waals surface area contributed by atoms with Gasteiger partial charge >= 0.3 is 0 Å². The van der Waals surface area contributed by atoms with Gasteiger partial charge in [0.2, 0.25) is 5.91 Å². The summed E-state index contributed by atoms with van der Waals surface area (Å²) in [5.41, 5.74) is 5.82. The highest BCUT2D eigenvalue weighted by Gasteiger charge is 2.23. The number of ether oxygens (including phenoxy) is 1. The Labute approximate surface area is 156 Å². The highest BCUT2D eigenvalue weighted by molar-refractivity contribution is 5.95. The Balaban J connectivity index is 1.67. The van der Waals surface area contributed by atoms with E-state index in [-0.39, 0.29) is 5.91 Å². The normalized spacial score (nSPS) is 13.7. The number of methoxy groups -OCH3 is 1. The van der Waals surface area contributed by atoms with Crippen molar-refractivity contribution in [3.8, 4) is 5.75 Å². The van der Waals surface area contributed by atoms with Crippen molar-refractivity contribution < 1.29 is 9.53 Å². The number of carbonyl (C=O) groups is 1. The highest BCUT2D eigenvalue weighted by atomic mass is 16.5. The van der Waals surface area contributed by atoms with E-state index in [9.17, 15) is 4.79 Å². The van der Waals surface area contributed by atoms with Crippen LogP contribution < -0.4 is 9.64 Å². The zero-order valence-corrected chi connectivity index (χ0v) is 16.2. The second kappa shape index (κ2) is 7.92. The topological polar surface area (TPSA) is 32.8 Å². The molecule has 0 spiro atoms. The van der Waals surface area contributed by atoms with E-state index >= 15 is 0 Å². The lowest BCUT2D eigenvalue weighted by atomic mass is 10.0. The average Bonchev–Trinajstić information content (AvgIpc) is 2.60. The molecule has 0 atom stereocenters. The maximum Gasteiger partial charge on any atom is 0.241 e. The molecule has 0 bridgehead atoms. The Hall–Kier alpha value is -2.33. The van der Waals surface area contributed by atoms with Crippen LogP contribution in [-0.2, 0) is 17.8 Å². The Morgan fingerprint density at radius 1 is 1.19 bits per heavy atom. The van der Waals surface area contributed by atoms with Gasteiger partial charge in [0.15, 0.2) is 0 Å². The van der Waals surface area contributed by atoms with Crippen LogP contribution in [0.15, 0.2) is 36.4 Å². The summed E-state index contributed by atoms with van der Waals surface area (Å²) in [7, 11) is 3.71. The Bertz CT molecular complexity index is 777. The number of nitrogens with zero attached hydrogens (tertiary/aromatic N) is 2. The lowest BCUT2D eigenvalue weighted by molar-refractivity contribution is -0.119. The second-order valence-corrected chi connectivity index (χ2v) is 7.21. The summed E-state index contributed by atoms with van der Waals surface area (Å²) in [5.74, 6) is 1.11. The largest absolute Gasteiger partial charge is 0.496 e. The van der Waals surface area contributed by atoms with Crippen LogP contribution in [0.5, 0.6) is 5.75 Å². The van der Waals surface area contributed by atoms with Crippen LogP contribution in [0.2, 0.25) is 0 Å². The quantitative estimate of drug-likeness (QED) is 0.822. The van der Waals surface area contributed by atoms with Crippen molar-refractivity contribution in [2.24, 2.45) is 0 Å². The Kier molecular flexibility index (Phi) is 5.62. The zero-order chi connectivity index (χ0) is 18.7. The van der Waals surface area contributed by atoms with Gasteiger partial charge in [0.1, 0.15) is 5.75 Å². The molecule has 0 aliphatic carbocycles. The zero-order valence-electron chi connectivity index (χ0n) is 16.2. The van der Waals surface area contributed by atoms with E-state index in [1.54, 1.807) is 7.11 Å². The number of para-hydroxylation sites is 1. The highest BCUT2D eigenvalue weighted by Crippen LogP contribution is 2.27. The van der Waals surface area contributed by atoms with Crippen LogP contribution in [0.3, 0.4) is 0 Å². The minimum Gasteiger partial charge on any atom is -0.496 e. The van der Waals surface area contributed by atoms with E-state index < -0.39 is 0 Å². The third kappa shape index (κ3) is 3.91. The number of likely N-dealkylation sites (N-methyl/N-ethyl adjacent to an activating group) is 1. The van der Waals surface area contributed by atoms with E-state index in [0.29, 0.717) is 6.54 Å². The summed E-state index contributed by atoms with van der Waals surface area (Å²) >= 11 is 0. The Morgan fingerprint density at radius 2 is 1.88 bits per heavy atom. The molecule has 138 valence electrons. The number of hydrogen-bond acceptors (Lipinski definition) is 3. The predicted molar refractivity (Wildman–Crippen MR) is 106 cm³/mol. The average molecular weight is 352 g/mol. The van der Waals surface area contributed by atoms with Gasteiger partial charge in [0, 0.05) is 18.8 Å². The van der Waals surface area contributed by atoms with Gasteiger partial charge in [0.25, 0.3) is 0 Å². The number of carbonyl (C=O) groups excluding carboxylic acids is 1. The fourth-order valence-electron chi connectivity index (χ4n) is 3.93. The lowest BCUT2D eigenvalue weighted by Crippen LogP contribution is -2.41. The molecule has 0 saturated carbocycles. The smallest absolute Gasteiger partial charge is 0.241 e. The number of amides is 1. The first-order valence-electron chi connectivity index (χ1n) is 9.20. The van der Waals surface area contributed by atoms with Crippen LogP contribution in [-0.4, -0.2) is 38.1 Å². The third-order valence-corrected chi connectivity index (χ3v) is 4.99. The summed E-state index contributed by atoms with van der Waals surface area (Å²) in [5, 5.41) is 0. The molecule has 26 heavy (non-hydrogen) atoms. The van der Waals surface area contributed by atoms with Crippen LogP contribution in [0, 0.1) is 13.8 Å². The molecule has 1 heterocycles. The molecule has 0 radical (unpaired) electrons. The van der Waals surface area contributed by atoms with Crippen molar-refractivity contribution in [3.63, 3.8) is 0 Å². The monoisotopic (exact) mass is 352 g/mol. The van der Waals surface area contributed by atoms with Gasteiger partial charge in [-0.3, -0.25) is 9.69 Å². The molecule has 0 N–H and O–H groups in total. The van der Waals surface area contributed by atoms with Gasteiger partial charge in [-0.15, -0.1) is 0 Å². The molecule has 1 aliphatic rings. The van der Waals surface area contributed by atoms with Crippen LogP contribution >= 0.6 is 0 Å². The molecule has 0 aromatic heterocycles. The van der Waals surface area contributed by atoms with E-state index in [1.807, 2.05) is 24.1 Å². The molecular weight excluding hydrogens is 324 g/mol. The third-order valence-electron chi connectivity index (χ3n) is 4.99. The summed E-state index contributed by atoms with van der Waals surface area (Å²) in [6, 6.07) is 12.5. The first-order valence-corrected chi connectivity index (χ1v) is 9.20. The number of benzene rings is 2. The molecule has 0 fully saturated rings. The van der Waals surface area contributed by atoms with Gasteiger partial charge in [-0.1, -0.05) is 30.3 Å². The lowest BCUT2D eigenvalue weighted by Gasteiger charge is -2.31. The van der Waals surface area contributed by atoms with Gasteiger partial charge in [0.05, 0.1) is 13.7 Å². The minimum atomic E-state index is 0.168. The molecule has 0 unspecified atom stereocenters. The molecule has 3 rings (SSSR count). The van der Waals surface area contributed by atoms with Crippen molar-refractivity contribution in [1.29, 1.82) is 0 Å². The minimum absolute atomic E-state index is 0.168. The second-order valence-electron chi connectivity index (χ2n) is 7.21. The predicted octanol–water partition coefficient (Wildman–Crippen LogP) is 3.72. The van der Waals surface area contributed by atoms with Crippen molar-refractivity contribution in [2.75, 3.05) is 32.1 Å². The number of anilines is 1. The van der Waals surface area contributed by atoms with E-state index in [0.717, 1.165) is 48.5 Å². The molecule has 2 aromatic rings. The number of hydrogen-bond donors (Lipinski definition) is 0. The first-order chi connectivity index (χ1) is 12.5. The van der Waals surface area contributed by atoms with Crippen LogP contribution in [0.1, 0.15) is 28.7 Å². The standard InChI is InChI=1S/C22H28N2O2/c1-16-12-18(13-17(2)22(16)26-4)14-23(3)15-21(25)24-11-7-9-19-8-5-6-10-20(19)24/h5-6,8,10,12-13H,7,9,11,14-15H2,1-4H3. The van der Waals surface area contributed by atoms with Crippen LogP contribution in [0.25, 0.3) is 0 Å². The maximum absolute atomic E-state index is 12.9. The van der Waals surface area contributed by atoms with E-state index in [4.69, 9.17) is 4.74 Å². The van der Waals surface area contributed by atoms with Gasteiger partial charge in [-0.05, 0) is 62.1 Å². The number of fused-ring (bicyclic) bond motifs is 1. The fraction of sp³-hybridized carbons (Fsp3) is 0.409. The summed E-state index contributed by atoms with van der Waals surface area (Å²) in [4.78, 5) is 16.9. The van der Waals surface area contributed by atoms with Gasteiger partial charge in [-0.2, -0.15) is 0 Å². The van der Waals surface area contributed by atoms with Crippen LogP contribution in [0.4, 0.5) is 5.69 Å².